The molecule has 1 N–H and O–H groups in total. The molecule has 1 amide bonds. The van der Waals surface area contributed by atoms with E-state index >= 15 is 0 Å². The highest BCUT2D eigenvalue weighted by Gasteiger charge is 2.40. The van der Waals surface area contributed by atoms with E-state index in [9.17, 15) is 14.7 Å². The number of benzene rings is 1. The summed E-state index contributed by atoms with van der Waals surface area (Å²) in [5.74, 6) is -0.255. The summed E-state index contributed by atoms with van der Waals surface area (Å²) in [5, 5.41) is 9.12. The Hall–Kier alpha value is -1.21. The fourth-order valence-corrected chi connectivity index (χ4v) is 3.93. The summed E-state index contributed by atoms with van der Waals surface area (Å²) in [6.07, 6.45) is 0.719. The maximum absolute atomic E-state index is 12.3. The van der Waals surface area contributed by atoms with Gasteiger partial charge in [0, 0.05) is 10.2 Å². The Labute approximate surface area is 135 Å². The van der Waals surface area contributed by atoms with E-state index in [2.05, 4.69) is 15.9 Å². The van der Waals surface area contributed by atoms with Gasteiger partial charge in [-0.15, -0.1) is 11.8 Å². The average Bonchev–Trinajstić information content (AvgIpc) is 2.89. The van der Waals surface area contributed by atoms with Crippen molar-refractivity contribution in [3.63, 3.8) is 0 Å². The lowest BCUT2D eigenvalue weighted by atomic mass is 10.2. The molecule has 1 aliphatic heterocycles. The number of carbonyl (C=O) groups is 2. The molecule has 0 aliphatic carbocycles. The fraction of sp³-hybridized carbons (Fsp3) is 0.429. The van der Waals surface area contributed by atoms with Gasteiger partial charge < -0.3 is 14.7 Å². The van der Waals surface area contributed by atoms with Crippen molar-refractivity contribution < 1.29 is 19.4 Å². The molecule has 21 heavy (non-hydrogen) atoms. The van der Waals surface area contributed by atoms with E-state index < -0.39 is 12.0 Å². The van der Waals surface area contributed by atoms with E-state index in [1.165, 1.54) is 16.7 Å². The summed E-state index contributed by atoms with van der Waals surface area (Å²) in [4.78, 5) is 25.0. The number of halogens is 1. The zero-order chi connectivity index (χ0) is 15.4. The Kier molecular flexibility index (Phi) is 5.52. The molecule has 1 fully saturated rings. The molecule has 1 aromatic carbocycles. The van der Waals surface area contributed by atoms with Crippen molar-refractivity contribution in [3.8, 4) is 5.75 Å². The zero-order valence-electron chi connectivity index (χ0n) is 11.5. The van der Waals surface area contributed by atoms with Crippen molar-refractivity contribution in [2.45, 2.75) is 24.8 Å². The first-order chi connectivity index (χ1) is 10.0. The third-order valence-electron chi connectivity index (χ3n) is 3.17. The van der Waals surface area contributed by atoms with Gasteiger partial charge in [0.15, 0.2) is 6.61 Å². The first-order valence-electron chi connectivity index (χ1n) is 6.57. The minimum atomic E-state index is -0.964. The van der Waals surface area contributed by atoms with Gasteiger partial charge in [0.1, 0.15) is 11.8 Å². The fourth-order valence-electron chi connectivity index (χ4n) is 2.18. The molecule has 0 bridgehead atoms. The number of rotatable bonds is 5. The number of hydrogen-bond donors (Lipinski definition) is 1. The van der Waals surface area contributed by atoms with E-state index in [0.29, 0.717) is 11.5 Å². The highest BCUT2D eigenvalue weighted by atomic mass is 79.9. The van der Waals surface area contributed by atoms with Crippen molar-refractivity contribution in [2.75, 3.05) is 12.4 Å². The molecule has 7 heteroatoms. The third-order valence-corrected chi connectivity index (χ3v) is 5.12. The van der Waals surface area contributed by atoms with Gasteiger partial charge in [-0.05, 0) is 24.6 Å². The number of carboxylic acid groups (broad SMARTS) is 1. The van der Waals surface area contributed by atoms with Gasteiger partial charge in [-0.25, -0.2) is 4.79 Å². The summed E-state index contributed by atoms with van der Waals surface area (Å²) in [6.45, 7) is 1.79. The van der Waals surface area contributed by atoms with Crippen LogP contribution in [0.25, 0.3) is 0 Å². The summed E-state index contributed by atoms with van der Waals surface area (Å²) < 4.78 is 6.32. The Bertz CT molecular complexity index is 539. The van der Waals surface area contributed by atoms with Crippen molar-refractivity contribution >= 4 is 39.6 Å². The standard InChI is InChI=1S/C14H16BrNO4S/c1-2-13-16(11(8-21-13)14(18)19)12(17)7-20-10-5-3-4-9(15)6-10/h3-6,11,13H,2,7-8H2,1H3,(H,18,19). The second-order valence-electron chi connectivity index (χ2n) is 4.60. The highest BCUT2D eigenvalue weighted by molar-refractivity contribution is 9.10. The minimum absolute atomic E-state index is 0.0929. The van der Waals surface area contributed by atoms with Crippen LogP contribution < -0.4 is 4.74 Å². The summed E-state index contributed by atoms with van der Waals surface area (Å²) in [7, 11) is 0. The lowest BCUT2D eigenvalue weighted by Crippen LogP contribution is -2.47. The van der Waals surface area contributed by atoms with Crippen LogP contribution in [0.1, 0.15) is 13.3 Å². The molecular weight excluding hydrogens is 358 g/mol. The smallest absolute Gasteiger partial charge is 0.327 e. The maximum Gasteiger partial charge on any atom is 0.327 e. The van der Waals surface area contributed by atoms with Crippen LogP contribution in [-0.4, -0.2) is 45.7 Å². The molecule has 2 rings (SSSR count). The molecule has 0 spiro atoms. The third kappa shape index (κ3) is 3.91. The van der Waals surface area contributed by atoms with E-state index in [4.69, 9.17) is 4.74 Å². The monoisotopic (exact) mass is 373 g/mol. The number of carbonyl (C=O) groups excluding carboxylic acids is 1. The molecule has 1 heterocycles. The Morgan fingerprint density at radius 1 is 1.52 bits per heavy atom. The van der Waals surface area contributed by atoms with Gasteiger partial charge in [0.25, 0.3) is 5.91 Å². The second kappa shape index (κ2) is 7.17. The van der Waals surface area contributed by atoms with E-state index in [1.54, 1.807) is 12.1 Å². The van der Waals surface area contributed by atoms with E-state index in [1.807, 2.05) is 19.1 Å². The number of nitrogens with zero attached hydrogens (tertiary/aromatic N) is 1. The summed E-state index contributed by atoms with van der Waals surface area (Å²) >= 11 is 4.83. The number of carboxylic acids is 1. The first-order valence-corrected chi connectivity index (χ1v) is 8.41. The molecule has 0 saturated carbocycles. The lowest BCUT2D eigenvalue weighted by Gasteiger charge is -2.26. The molecule has 1 aliphatic rings. The van der Waals surface area contributed by atoms with Gasteiger partial charge >= 0.3 is 5.97 Å². The number of amides is 1. The van der Waals surface area contributed by atoms with Crippen LogP contribution in [0.2, 0.25) is 0 Å². The van der Waals surface area contributed by atoms with Crippen LogP contribution in [0.5, 0.6) is 5.75 Å². The van der Waals surface area contributed by atoms with Crippen LogP contribution in [0.3, 0.4) is 0 Å². The number of ether oxygens (including phenoxy) is 1. The average molecular weight is 374 g/mol. The van der Waals surface area contributed by atoms with Crippen LogP contribution in [-0.2, 0) is 9.59 Å². The molecule has 2 unspecified atom stereocenters. The van der Waals surface area contributed by atoms with Crippen molar-refractivity contribution in [2.24, 2.45) is 0 Å². The molecule has 0 aromatic heterocycles. The van der Waals surface area contributed by atoms with Gasteiger partial charge in [-0.2, -0.15) is 0 Å². The zero-order valence-corrected chi connectivity index (χ0v) is 13.9. The largest absolute Gasteiger partial charge is 0.484 e. The molecule has 2 atom stereocenters. The van der Waals surface area contributed by atoms with Crippen LogP contribution in [0.4, 0.5) is 0 Å². The molecule has 0 radical (unpaired) electrons. The quantitative estimate of drug-likeness (QED) is 0.858. The van der Waals surface area contributed by atoms with Crippen LogP contribution >= 0.6 is 27.7 Å². The van der Waals surface area contributed by atoms with Gasteiger partial charge in [-0.3, -0.25) is 4.79 Å². The minimum Gasteiger partial charge on any atom is -0.484 e. The van der Waals surface area contributed by atoms with Crippen LogP contribution in [0.15, 0.2) is 28.7 Å². The van der Waals surface area contributed by atoms with E-state index in [0.717, 1.165) is 10.9 Å². The van der Waals surface area contributed by atoms with E-state index in [-0.39, 0.29) is 17.9 Å². The number of aliphatic carboxylic acids is 1. The van der Waals surface area contributed by atoms with Crippen molar-refractivity contribution in [1.82, 2.24) is 4.90 Å². The van der Waals surface area contributed by atoms with Gasteiger partial charge in [-0.1, -0.05) is 28.9 Å². The second-order valence-corrected chi connectivity index (χ2v) is 6.72. The molecular formula is C14H16BrNO4S. The highest BCUT2D eigenvalue weighted by Crippen LogP contribution is 2.31. The Morgan fingerprint density at radius 3 is 2.90 bits per heavy atom. The van der Waals surface area contributed by atoms with Gasteiger partial charge in [0.2, 0.25) is 0 Å². The Balaban J connectivity index is 2.02. The molecule has 114 valence electrons. The number of hydrogen-bond acceptors (Lipinski definition) is 4. The van der Waals surface area contributed by atoms with Crippen molar-refractivity contribution in [1.29, 1.82) is 0 Å². The SMILES string of the molecule is CCC1SCC(C(=O)O)N1C(=O)COc1cccc(Br)c1. The number of thioether (sulfide) groups is 1. The Morgan fingerprint density at radius 2 is 2.29 bits per heavy atom. The van der Waals surface area contributed by atoms with Crippen molar-refractivity contribution in [3.05, 3.63) is 28.7 Å². The normalized spacial score (nSPS) is 21.3. The predicted octanol–water partition coefficient (Wildman–Crippen LogP) is 2.59. The summed E-state index contributed by atoms with van der Waals surface area (Å²) in [6, 6.07) is 6.42. The summed E-state index contributed by atoms with van der Waals surface area (Å²) in [5.41, 5.74) is 0. The maximum atomic E-state index is 12.3. The lowest BCUT2D eigenvalue weighted by molar-refractivity contribution is -0.149. The molecule has 5 nitrogen and oxygen atoms in total. The molecule has 1 saturated heterocycles. The first kappa shape index (κ1) is 16.2. The topological polar surface area (TPSA) is 66.8 Å². The predicted molar refractivity (Wildman–Crippen MR) is 84.4 cm³/mol. The van der Waals surface area contributed by atoms with Gasteiger partial charge in [0.05, 0.1) is 5.37 Å². The molecule has 1 aromatic rings. The van der Waals surface area contributed by atoms with Crippen LogP contribution in [0, 0.1) is 0 Å².